The Kier molecular flexibility index (Phi) is 4.93. The number of anilines is 1. The maximum atomic E-state index is 12.7. The normalized spacial score (nSPS) is 21.9. The number of amides is 2. The molecule has 1 saturated carbocycles. The number of pyridine rings is 1. The molecule has 2 amide bonds. The van der Waals surface area contributed by atoms with Gasteiger partial charge in [-0.3, -0.25) is 0 Å². The molecule has 2 atom stereocenters. The van der Waals surface area contributed by atoms with Gasteiger partial charge in [0.25, 0.3) is 0 Å². The average molecular weight is 361 g/mol. The second-order valence-electron chi connectivity index (χ2n) is 7.12. The molecular weight excluding hydrogens is 338 g/mol. The third-order valence-electron chi connectivity index (χ3n) is 5.32. The number of hydrogen-bond acceptors (Lipinski definition) is 4. The van der Waals surface area contributed by atoms with Crippen molar-refractivity contribution in [3.8, 4) is 6.07 Å². The first kappa shape index (κ1) is 17.3. The lowest BCUT2D eigenvalue weighted by atomic mass is 10.1. The molecule has 2 aliphatic rings. The number of carbonyl (C=O) groups is 1. The first-order valence-electron chi connectivity index (χ1n) is 9.46. The van der Waals surface area contributed by atoms with Gasteiger partial charge in [0.05, 0.1) is 5.56 Å². The van der Waals surface area contributed by atoms with Gasteiger partial charge in [0.2, 0.25) is 0 Å². The molecule has 1 aromatic carbocycles. The van der Waals surface area contributed by atoms with E-state index in [-0.39, 0.29) is 12.1 Å². The zero-order valence-corrected chi connectivity index (χ0v) is 15.2. The van der Waals surface area contributed by atoms with E-state index in [4.69, 9.17) is 0 Å². The third-order valence-corrected chi connectivity index (χ3v) is 5.32. The Labute approximate surface area is 159 Å². The van der Waals surface area contributed by atoms with Gasteiger partial charge in [0, 0.05) is 44.3 Å². The van der Waals surface area contributed by atoms with Gasteiger partial charge in [0.1, 0.15) is 11.9 Å². The summed E-state index contributed by atoms with van der Waals surface area (Å²) in [7, 11) is 0. The van der Waals surface area contributed by atoms with Crippen molar-refractivity contribution >= 4 is 11.8 Å². The standard InChI is InChI=1S/C21H23N5O/c22-15-17-8-4-9-23-20(17)25-10-5-11-26(13-12-25)21(27)24-19-14-18(19)16-6-2-1-3-7-16/h1-4,6-9,18-19H,5,10-14H2,(H,24,27)/t18-,19+/m0/s1. The van der Waals surface area contributed by atoms with Gasteiger partial charge in [-0.15, -0.1) is 0 Å². The predicted molar refractivity (Wildman–Crippen MR) is 103 cm³/mol. The smallest absolute Gasteiger partial charge is 0.317 e. The summed E-state index contributed by atoms with van der Waals surface area (Å²) in [6.45, 7) is 2.84. The molecule has 27 heavy (non-hydrogen) atoms. The molecule has 0 bridgehead atoms. The number of carbonyl (C=O) groups excluding carboxylic acids is 1. The quantitative estimate of drug-likeness (QED) is 0.912. The number of urea groups is 1. The van der Waals surface area contributed by atoms with Crippen LogP contribution in [0.5, 0.6) is 0 Å². The molecule has 0 radical (unpaired) electrons. The summed E-state index contributed by atoms with van der Waals surface area (Å²) in [4.78, 5) is 21.0. The molecular formula is C21H23N5O. The zero-order valence-electron chi connectivity index (χ0n) is 15.2. The van der Waals surface area contributed by atoms with Crippen molar-refractivity contribution in [1.82, 2.24) is 15.2 Å². The summed E-state index contributed by atoms with van der Waals surface area (Å²) >= 11 is 0. The minimum absolute atomic E-state index is 0.0156. The largest absolute Gasteiger partial charge is 0.354 e. The van der Waals surface area contributed by atoms with E-state index in [1.807, 2.05) is 23.1 Å². The summed E-state index contributed by atoms with van der Waals surface area (Å²) in [5.74, 6) is 1.15. The van der Waals surface area contributed by atoms with Crippen molar-refractivity contribution in [2.45, 2.75) is 24.8 Å². The first-order valence-corrected chi connectivity index (χ1v) is 9.46. The lowest BCUT2D eigenvalue weighted by molar-refractivity contribution is 0.201. The molecule has 1 saturated heterocycles. The van der Waals surface area contributed by atoms with Crippen molar-refractivity contribution in [2.24, 2.45) is 0 Å². The molecule has 138 valence electrons. The molecule has 2 heterocycles. The summed E-state index contributed by atoms with van der Waals surface area (Å²) in [6, 6.07) is 16.4. The fourth-order valence-electron chi connectivity index (χ4n) is 3.74. The summed E-state index contributed by atoms with van der Waals surface area (Å²) in [5.41, 5.74) is 1.88. The molecule has 0 unspecified atom stereocenters. The summed E-state index contributed by atoms with van der Waals surface area (Å²) in [6.07, 6.45) is 3.58. The van der Waals surface area contributed by atoms with E-state index >= 15 is 0 Å². The minimum atomic E-state index is 0.0156. The number of hydrogen-bond donors (Lipinski definition) is 1. The fourth-order valence-corrected chi connectivity index (χ4v) is 3.74. The zero-order chi connectivity index (χ0) is 18.6. The van der Waals surface area contributed by atoms with E-state index in [9.17, 15) is 10.1 Å². The number of aromatic nitrogens is 1. The molecule has 6 heteroatoms. The van der Waals surface area contributed by atoms with Crippen LogP contribution in [-0.2, 0) is 0 Å². The van der Waals surface area contributed by atoms with E-state index in [2.05, 4.69) is 33.4 Å². The second-order valence-corrected chi connectivity index (χ2v) is 7.12. The highest BCUT2D eigenvalue weighted by atomic mass is 16.2. The van der Waals surface area contributed by atoms with Crippen LogP contribution in [0.25, 0.3) is 0 Å². The van der Waals surface area contributed by atoms with Crippen LogP contribution in [0.1, 0.15) is 29.9 Å². The molecule has 1 aliphatic carbocycles. The summed E-state index contributed by atoms with van der Waals surface area (Å²) < 4.78 is 0. The van der Waals surface area contributed by atoms with E-state index < -0.39 is 0 Å². The Bertz CT molecular complexity index is 847. The first-order chi connectivity index (χ1) is 13.3. The number of nitrogens with one attached hydrogen (secondary N) is 1. The van der Waals surface area contributed by atoms with Gasteiger partial charge in [-0.25, -0.2) is 9.78 Å². The maximum absolute atomic E-state index is 12.7. The van der Waals surface area contributed by atoms with Crippen molar-refractivity contribution in [3.05, 3.63) is 59.8 Å². The third kappa shape index (κ3) is 3.87. The van der Waals surface area contributed by atoms with Crippen LogP contribution in [0.2, 0.25) is 0 Å². The van der Waals surface area contributed by atoms with Crippen molar-refractivity contribution in [3.63, 3.8) is 0 Å². The highest BCUT2D eigenvalue weighted by Crippen LogP contribution is 2.40. The topological polar surface area (TPSA) is 72.3 Å². The van der Waals surface area contributed by atoms with E-state index in [1.165, 1.54) is 5.56 Å². The molecule has 1 aromatic heterocycles. The Morgan fingerprint density at radius 1 is 1.11 bits per heavy atom. The van der Waals surface area contributed by atoms with Crippen LogP contribution < -0.4 is 10.2 Å². The Hall–Kier alpha value is -3.07. The fraction of sp³-hybridized carbons (Fsp3) is 0.381. The van der Waals surface area contributed by atoms with Crippen LogP contribution in [0.4, 0.5) is 10.6 Å². The van der Waals surface area contributed by atoms with E-state index in [0.717, 1.165) is 25.9 Å². The number of nitrogens with zero attached hydrogens (tertiary/aromatic N) is 4. The van der Waals surface area contributed by atoms with E-state index in [0.29, 0.717) is 30.4 Å². The lowest BCUT2D eigenvalue weighted by Crippen LogP contribution is -2.43. The number of rotatable bonds is 3. The van der Waals surface area contributed by atoms with Gasteiger partial charge in [-0.05, 0) is 30.5 Å². The van der Waals surface area contributed by atoms with Crippen molar-refractivity contribution in [1.29, 1.82) is 5.26 Å². The van der Waals surface area contributed by atoms with Crippen LogP contribution in [0.15, 0.2) is 48.7 Å². The van der Waals surface area contributed by atoms with Crippen LogP contribution in [0, 0.1) is 11.3 Å². The number of benzene rings is 1. The summed E-state index contributed by atoms with van der Waals surface area (Å²) in [5, 5.41) is 12.5. The molecule has 6 nitrogen and oxygen atoms in total. The SMILES string of the molecule is N#Cc1cccnc1N1CCCN(C(=O)N[C@@H]2C[C@H]2c2ccccc2)CC1. The average Bonchev–Trinajstić information content (AvgIpc) is 3.51. The maximum Gasteiger partial charge on any atom is 0.317 e. The second kappa shape index (κ2) is 7.67. The minimum Gasteiger partial charge on any atom is -0.354 e. The van der Waals surface area contributed by atoms with Crippen LogP contribution in [0.3, 0.4) is 0 Å². The Morgan fingerprint density at radius 2 is 1.96 bits per heavy atom. The Morgan fingerprint density at radius 3 is 2.78 bits per heavy atom. The highest BCUT2D eigenvalue weighted by molar-refractivity contribution is 5.75. The predicted octanol–water partition coefficient (Wildman–Crippen LogP) is 2.73. The van der Waals surface area contributed by atoms with Crippen molar-refractivity contribution < 1.29 is 4.79 Å². The highest BCUT2D eigenvalue weighted by Gasteiger charge is 2.40. The lowest BCUT2D eigenvalue weighted by Gasteiger charge is -2.23. The molecule has 2 aromatic rings. The van der Waals surface area contributed by atoms with E-state index in [1.54, 1.807) is 18.3 Å². The molecule has 1 aliphatic heterocycles. The van der Waals surface area contributed by atoms with Gasteiger partial charge >= 0.3 is 6.03 Å². The Balaban J connectivity index is 1.33. The molecule has 1 N–H and O–H groups in total. The van der Waals surface area contributed by atoms with Gasteiger partial charge in [0.15, 0.2) is 0 Å². The van der Waals surface area contributed by atoms with Gasteiger partial charge in [-0.2, -0.15) is 5.26 Å². The van der Waals surface area contributed by atoms with Crippen LogP contribution in [-0.4, -0.2) is 48.1 Å². The monoisotopic (exact) mass is 361 g/mol. The van der Waals surface area contributed by atoms with Crippen LogP contribution >= 0.6 is 0 Å². The molecule has 4 rings (SSSR count). The van der Waals surface area contributed by atoms with Gasteiger partial charge < -0.3 is 15.1 Å². The van der Waals surface area contributed by atoms with Crippen molar-refractivity contribution in [2.75, 3.05) is 31.1 Å². The molecule has 2 fully saturated rings. The molecule has 0 spiro atoms. The van der Waals surface area contributed by atoms with Gasteiger partial charge in [-0.1, -0.05) is 30.3 Å². The number of nitriles is 1.